The first-order valence-corrected chi connectivity index (χ1v) is 7.92. The van der Waals surface area contributed by atoms with Gasteiger partial charge in [-0.3, -0.25) is 4.79 Å². The molecule has 0 radical (unpaired) electrons. The Morgan fingerprint density at radius 1 is 1.48 bits per heavy atom. The number of aryl methyl sites for hydroxylation is 3. The van der Waals surface area contributed by atoms with Crippen LogP contribution in [0.4, 0.5) is 0 Å². The van der Waals surface area contributed by atoms with E-state index in [2.05, 4.69) is 20.5 Å². The van der Waals surface area contributed by atoms with Gasteiger partial charge in [-0.25, -0.2) is 0 Å². The molecule has 7 heteroatoms. The number of nitrogens with one attached hydrogen (secondary N) is 2. The predicted molar refractivity (Wildman–Crippen MR) is 85.1 cm³/mol. The standard InChI is InChI=1S/C16H23N5O2/c1-9-4-10(2)19-14(9)16(23)17-7-12-5-11(6-13(12)22)15-20-18-8-21(15)3/h4,8,11-13,19,22H,5-7H2,1-3H3,(H,17,23)/t11-,12+,13+/m0/s1. The monoisotopic (exact) mass is 317 g/mol. The molecule has 0 bridgehead atoms. The Morgan fingerprint density at radius 2 is 2.26 bits per heavy atom. The summed E-state index contributed by atoms with van der Waals surface area (Å²) in [6.45, 7) is 4.30. The number of hydrogen-bond acceptors (Lipinski definition) is 4. The van der Waals surface area contributed by atoms with E-state index < -0.39 is 6.10 Å². The van der Waals surface area contributed by atoms with Crippen LogP contribution >= 0.6 is 0 Å². The Labute approximate surface area is 135 Å². The summed E-state index contributed by atoms with van der Waals surface area (Å²) < 4.78 is 1.89. The first-order valence-electron chi connectivity index (χ1n) is 7.92. The highest BCUT2D eigenvalue weighted by Crippen LogP contribution is 2.37. The van der Waals surface area contributed by atoms with E-state index in [1.165, 1.54) is 0 Å². The van der Waals surface area contributed by atoms with Gasteiger partial charge >= 0.3 is 0 Å². The molecule has 1 aliphatic carbocycles. The third-order valence-corrected chi connectivity index (χ3v) is 4.67. The van der Waals surface area contributed by atoms with Crippen LogP contribution in [0.3, 0.4) is 0 Å². The Morgan fingerprint density at radius 3 is 2.87 bits per heavy atom. The summed E-state index contributed by atoms with van der Waals surface area (Å²) in [5, 5.41) is 21.2. The minimum Gasteiger partial charge on any atom is -0.393 e. The molecular weight excluding hydrogens is 294 g/mol. The molecule has 1 amide bonds. The van der Waals surface area contributed by atoms with Gasteiger partial charge in [-0.1, -0.05) is 0 Å². The van der Waals surface area contributed by atoms with E-state index in [9.17, 15) is 9.90 Å². The molecule has 2 heterocycles. The minimum absolute atomic E-state index is 0.0389. The average Bonchev–Trinajstić information content (AvgIpc) is 3.16. The third-order valence-electron chi connectivity index (χ3n) is 4.67. The smallest absolute Gasteiger partial charge is 0.267 e. The van der Waals surface area contributed by atoms with Crippen LogP contribution in [0.15, 0.2) is 12.4 Å². The Bertz CT molecular complexity index is 705. The number of rotatable bonds is 4. The molecule has 0 aromatic carbocycles. The predicted octanol–water partition coefficient (Wildman–Crippen LogP) is 1.04. The topological polar surface area (TPSA) is 95.8 Å². The van der Waals surface area contributed by atoms with Gasteiger partial charge in [0.15, 0.2) is 0 Å². The average molecular weight is 317 g/mol. The van der Waals surface area contributed by atoms with Gasteiger partial charge in [0.2, 0.25) is 0 Å². The van der Waals surface area contributed by atoms with Crippen molar-refractivity contribution < 1.29 is 9.90 Å². The zero-order valence-electron chi connectivity index (χ0n) is 13.7. The van der Waals surface area contributed by atoms with Crippen molar-refractivity contribution in [3.8, 4) is 0 Å². The van der Waals surface area contributed by atoms with E-state index in [0.29, 0.717) is 18.7 Å². The van der Waals surface area contributed by atoms with E-state index >= 15 is 0 Å². The fourth-order valence-electron chi connectivity index (χ4n) is 3.47. The van der Waals surface area contributed by atoms with Crippen molar-refractivity contribution in [2.45, 2.75) is 38.7 Å². The summed E-state index contributed by atoms with van der Waals surface area (Å²) in [7, 11) is 1.91. The molecular formula is C16H23N5O2. The molecule has 3 atom stereocenters. The highest BCUT2D eigenvalue weighted by Gasteiger charge is 2.36. The van der Waals surface area contributed by atoms with Gasteiger partial charge in [0.05, 0.1) is 6.10 Å². The molecule has 0 aliphatic heterocycles. The van der Waals surface area contributed by atoms with Gasteiger partial charge in [0.1, 0.15) is 17.8 Å². The fraction of sp³-hybridized carbons (Fsp3) is 0.562. The summed E-state index contributed by atoms with van der Waals surface area (Å²) in [4.78, 5) is 15.3. The van der Waals surface area contributed by atoms with E-state index in [1.54, 1.807) is 6.33 Å². The highest BCUT2D eigenvalue weighted by atomic mass is 16.3. The van der Waals surface area contributed by atoms with Gasteiger partial charge < -0.3 is 20.0 Å². The lowest BCUT2D eigenvalue weighted by Crippen LogP contribution is -2.33. The molecule has 1 aliphatic rings. The highest BCUT2D eigenvalue weighted by molar-refractivity contribution is 5.93. The molecule has 124 valence electrons. The van der Waals surface area contributed by atoms with Gasteiger partial charge in [-0.2, -0.15) is 0 Å². The number of nitrogens with zero attached hydrogens (tertiary/aromatic N) is 3. The lowest BCUT2D eigenvalue weighted by Gasteiger charge is -2.15. The number of hydrogen-bond donors (Lipinski definition) is 3. The van der Waals surface area contributed by atoms with Crippen molar-refractivity contribution in [1.29, 1.82) is 0 Å². The molecule has 3 N–H and O–H groups in total. The third kappa shape index (κ3) is 3.14. The molecule has 2 aromatic heterocycles. The quantitative estimate of drug-likeness (QED) is 0.785. The number of carbonyl (C=O) groups excluding carboxylic acids is 1. The van der Waals surface area contributed by atoms with Crippen molar-refractivity contribution in [2.75, 3.05) is 6.54 Å². The van der Waals surface area contributed by atoms with Crippen molar-refractivity contribution in [3.05, 3.63) is 35.2 Å². The summed E-state index contributed by atoms with van der Waals surface area (Å²) in [5.41, 5.74) is 2.50. The van der Waals surface area contributed by atoms with Crippen LogP contribution in [0.25, 0.3) is 0 Å². The largest absolute Gasteiger partial charge is 0.393 e. The molecule has 1 saturated carbocycles. The second-order valence-electron chi connectivity index (χ2n) is 6.52. The SMILES string of the molecule is Cc1cc(C)c(C(=O)NC[C@H]2C[C@H](c3nncn3C)C[C@H]2O)[nH]1. The van der Waals surface area contributed by atoms with Crippen LogP contribution in [0.2, 0.25) is 0 Å². The lowest BCUT2D eigenvalue weighted by atomic mass is 10.0. The number of aromatic nitrogens is 4. The van der Waals surface area contributed by atoms with Gasteiger partial charge in [-0.15, -0.1) is 10.2 Å². The van der Waals surface area contributed by atoms with Gasteiger partial charge in [-0.05, 0) is 38.3 Å². The molecule has 2 aromatic rings. The normalized spacial score (nSPS) is 24.1. The minimum atomic E-state index is -0.427. The van der Waals surface area contributed by atoms with Gasteiger partial charge in [0, 0.05) is 31.1 Å². The number of aromatic amines is 1. The maximum absolute atomic E-state index is 12.3. The number of H-pyrrole nitrogens is 1. The van der Waals surface area contributed by atoms with Crippen molar-refractivity contribution >= 4 is 5.91 Å². The second kappa shape index (κ2) is 6.16. The summed E-state index contributed by atoms with van der Waals surface area (Å²) in [6.07, 6.45) is 2.71. The molecule has 0 saturated heterocycles. The van der Waals surface area contributed by atoms with E-state index in [1.807, 2.05) is 31.5 Å². The fourth-order valence-corrected chi connectivity index (χ4v) is 3.47. The summed E-state index contributed by atoms with van der Waals surface area (Å²) in [6, 6.07) is 1.95. The lowest BCUT2D eigenvalue weighted by molar-refractivity contribution is 0.0912. The van der Waals surface area contributed by atoms with Crippen molar-refractivity contribution in [2.24, 2.45) is 13.0 Å². The Balaban J connectivity index is 1.59. The first-order chi connectivity index (χ1) is 11.0. The second-order valence-corrected chi connectivity index (χ2v) is 6.52. The van der Waals surface area contributed by atoms with Crippen LogP contribution < -0.4 is 5.32 Å². The molecule has 0 spiro atoms. The van der Waals surface area contributed by atoms with Gasteiger partial charge in [0.25, 0.3) is 5.91 Å². The Hall–Kier alpha value is -2.15. The molecule has 7 nitrogen and oxygen atoms in total. The van der Waals surface area contributed by atoms with Crippen LogP contribution in [-0.4, -0.2) is 43.4 Å². The first kappa shape index (κ1) is 15.7. The van der Waals surface area contributed by atoms with E-state index in [4.69, 9.17) is 0 Å². The molecule has 23 heavy (non-hydrogen) atoms. The number of carbonyl (C=O) groups is 1. The van der Waals surface area contributed by atoms with E-state index in [0.717, 1.165) is 23.5 Å². The Kier molecular flexibility index (Phi) is 4.21. The van der Waals surface area contributed by atoms with Crippen molar-refractivity contribution in [3.63, 3.8) is 0 Å². The van der Waals surface area contributed by atoms with Crippen molar-refractivity contribution in [1.82, 2.24) is 25.1 Å². The number of aliphatic hydroxyl groups is 1. The maximum atomic E-state index is 12.3. The summed E-state index contributed by atoms with van der Waals surface area (Å²) >= 11 is 0. The maximum Gasteiger partial charge on any atom is 0.267 e. The molecule has 3 rings (SSSR count). The van der Waals surface area contributed by atoms with Crippen LogP contribution in [-0.2, 0) is 7.05 Å². The molecule has 1 fully saturated rings. The zero-order chi connectivity index (χ0) is 16.6. The summed E-state index contributed by atoms with van der Waals surface area (Å²) in [5.74, 6) is 1.00. The zero-order valence-corrected chi connectivity index (χ0v) is 13.7. The molecule has 0 unspecified atom stereocenters. The number of aliphatic hydroxyl groups excluding tert-OH is 1. The van der Waals surface area contributed by atoms with E-state index in [-0.39, 0.29) is 17.7 Å². The number of amides is 1. The van der Waals surface area contributed by atoms with Crippen LogP contribution in [0.1, 0.15) is 46.3 Å². The van der Waals surface area contributed by atoms with Crippen LogP contribution in [0, 0.1) is 19.8 Å². The van der Waals surface area contributed by atoms with Crippen LogP contribution in [0.5, 0.6) is 0 Å².